The highest BCUT2D eigenvalue weighted by Crippen LogP contribution is 2.31. The molecular weight excluding hydrogens is 394 g/mol. The van der Waals surface area contributed by atoms with Gasteiger partial charge in [-0.15, -0.1) is 0 Å². The van der Waals surface area contributed by atoms with E-state index in [1.807, 2.05) is 0 Å². The molecule has 1 rings (SSSR count). The molecule has 2 nitrogen and oxygen atoms in total. The van der Waals surface area contributed by atoms with E-state index in [9.17, 15) is 13.6 Å². The average molecular weight is 396 g/mol. The van der Waals surface area contributed by atoms with Crippen LogP contribution in [0.3, 0.4) is 0 Å². The van der Waals surface area contributed by atoms with Crippen LogP contribution in [0.25, 0.3) is 0 Å². The Balaban J connectivity index is 3.41. The first-order valence-electron chi connectivity index (χ1n) is 3.27. The lowest BCUT2D eigenvalue weighted by atomic mass is 10.2. The molecule has 0 spiro atoms. The molecule has 0 radical (unpaired) electrons. The number of hydrogen-bond donors (Lipinski definition) is 0. The van der Waals surface area contributed by atoms with Gasteiger partial charge in [0.25, 0.3) is 11.7 Å². The van der Waals surface area contributed by atoms with Crippen molar-refractivity contribution in [1.29, 1.82) is 0 Å². The minimum absolute atomic E-state index is 0.0255. The quantitative estimate of drug-likeness (QED) is 0.563. The van der Waals surface area contributed by atoms with Gasteiger partial charge in [0.1, 0.15) is 5.69 Å². The monoisotopic (exact) mass is 395 g/mol. The number of carbonyl (C=O) groups is 1. The Bertz CT molecular complexity index is 388. The molecule has 0 bridgehead atoms. The average Bonchev–Trinajstić information content (AvgIpc) is 2.02. The first kappa shape index (κ1) is 12.3. The third-order valence-electron chi connectivity index (χ3n) is 1.40. The van der Waals surface area contributed by atoms with Gasteiger partial charge in [0, 0.05) is 9.77 Å². The standard InChI is InChI=1S/C7H2BrClF2INO/c8-4-3(6(9)14)2(12)1-13-5(4)7(10)11/h1,7H. The third kappa shape index (κ3) is 2.40. The molecule has 0 saturated heterocycles. The van der Waals surface area contributed by atoms with Crippen LogP contribution in [0.5, 0.6) is 0 Å². The summed E-state index contributed by atoms with van der Waals surface area (Å²) in [6.45, 7) is 0. The predicted octanol–water partition coefficient (Wildman–Crippen LogP) is 3.77. The number of rotatable bonds is 2. The van der Waals surface area contributed by atoms with Crippen LogP contribution in [0.15, 0.2) is 10.7 Å². The minimum Gasteiger partial charge on any atom is -0.276 e. The Morgan fingerprint density at radius 2 is 2.21 bits per heavy atom. The van der Waals surface area contributed by atoms with Crippen LogP contribution in [0, 0.1) is 3.57 Å². The molecule has 14 heavy (non-hydrogen) atoms. The van der Waals surface area contributed by atoms with Gasteiger partial charge in [-0.3, -0.25) is 9.78 Å². The van der Waals surface area contributed by atoms with Gasteiger partial charge >= 0.3 is 0 Å². The first-order chi connectivity index (χ1) is 6.45. The van der Waals surface area contributed by atoms with Crippen LogP contribution in [-0.2, 0) is 0 Å². The number of aromatic nitrogens is 1. The summed E-state index contributed by atoms with van der Waals surface area (Å²) < 4.78 is 25.1. The number of alkyl halides is 2. The smallest absolute Gasteiger partial charge is 0.276 e. The van der Waals surface area contributed by atoms with Crippen molar-refractivity contribution in [3.8, 4) is 0 Å². The van der Waals surface area contributed by atoms with E-state index in [1.165, 1.54) is 6.20 Å². The van der Waals surface area contributed by atoms with Crippen molar-refractivity contribution in [2.75, 3.05) is 0 Å². The minimum atomic E-state index is -2.74. The Kier molecular flexibility index (Phi) is 4.20. The molecule has 0 saturated carbocycles. The van der Waals surface area contributed by atoms with E-state index >= 15 is 0 Å². The van der Waals surface area contributed by atoms with E-state index in [2.05, 4.69) is 20.9 Å². The van der Waals surface area contributed by atoms with Gasteiger partial charge in [-0.1, -0.05) is 0 Å². The highest BCUT2D eigenvalue weighted by atomic mass is 127. The second-order valence-electron chi connectivity index (χ2n) is 2.25. The van der Waals surface area contributed by atoms with Gasteiger partial charge in [-0.25, -0.2) is 8.78 Å². The van der Waals surface area contributed by atoms with Crippen molar-refractivity contribution in [3.05, 3.63) is 25.5 Å². The van der Waals surface area contributed by atoms with E-state index < -0.39 is 17.4 Å². The van der Waals surface area contributed by atoms with Crippen molar-refractivity contribution in [3.63, 3.8) is 0 Å². The predicted molar refractivity (Wildman–Crippen MR) is 59.8 cm³/mol. The van der Waals surface area contributed by atoms with E-state index in [1.54, 1.807) is 22.6 Å². The molecule has 1 aromatic rings. The zero-order chi connectivity index (χ0) is 10.9. The van der Waals surface area contributed by atoms with Crippen LogP contribution >= 0.6 is 50.1 Å². The highest BCUT2D eigenvalue weighted by Gasteiger charge is 2.21. The molecule has 0 fully saturated rings. The molecule has 0 amide bonds. The van der Waals surface area contributed by atoms with Gasteiger partial charge < -0.3 is 0 Å². The number of halogens is 5. The van der Waals surface area contributed by atoms with Gasteiger partial charge in [-0.05, 0) is 50.1 Å². The molecule has 1 aromatic heterocycles. The Hall–Kier alpha value is 0.180. The van der Waals surface area contributed by atoms with Crippen LogP contribution in [0.1, 0.15) is 22.5 Å². The number of nitrogens with zero attached hydrogens (tertiary/aromatic N) is 1. The van der Waals surface area contributed by atoms with Crippen molar-refractivity contribution >= 4 is 55.4 Å². The summed E-state index contributed by atoms with van der Waals surface area (Å²) in [5, 5.41) is -0.787. The van der Waals surface area contributed by atoms with E-state index in [0.29, 0.717) is 3.57 Å². The summed E-state index contributed by atoms with van der Waals surface area (Å²) in [5.41, 5.74) is -0.452. The van der Waals surface area contributed by atoms with Gasteiger partial charge in [0.05, 0.1) is 10.0 Å². The Morgan fingerprint density at radius 3 is 2.64 bits per heavy atom. The SMILES string of the molecule is O=C(Cl)c1c(I)cnc(C(F)F)c1Br. The summed E-state index contributed by atoms with van der Waals surface area (Å²) in [7, 11) is 0. The van der Waals surface area contributed by atoms with Gasteiger partial charge in [0.2, 0.25) is 0 Å². The summed E-state index contributed by atoms with van der Waals surface area (Å²) in [4.78, 5) is 14.4. The van der Waals surface area contributed by atoms with Crippen molar-refractivity contribution < 1.29 is 13.6 Å². The number of hydrogen-bond acceptors (Lipinski definition) is 2. The van der Waals surface area contributed by atoms with Crippen molar-refractivity contribution in [2.45, 2.75) is 6.43 Å². The molecule has 0 aliphatic rings. The molecule has 0 aromatic carbocycles. The van der Waals surface area contributed by atoms with E-state index in [0.717, 1.165) is 0 Å². The Morgan fingerprint density at radius 1 is 1.64 bits per heavy atom. The zero-order valence-corrected chi connectivity index (χ0v) is 10.9. The van der Waals surface area contributed by atoms with E-state index in [-0.39, 0.29) is 10.0 Å². The molecule has 0 N–H and O–H groups in total. The zero-order valence-electron chi connectivity index (χ0n) is 6.40. The molecule has 76 valence electrons. The first-order valence-corrected chi connectivity index (χ1v) is 5.52. The third-order valence-corrected chi connectivity index (χ3v) is 3.21. The maximum atomic E-state index is 12.4. The summed E-state index contributed by atoms with van der Waals surface area (Å²) in [6.07, 6.45) is -1.56. The van der Waals surface area contributed by atoms with Crippen molar-refractivity contribution in [2.24, 2.45) is 0 Å². The van der Waals surface area contributed by atoms with Crippen molar-refractivity contribution in [1.82, 2.24) is 4.98 Å². The molecule has 0 aliphatic carbocycles. The van der Waals surface area contributed by atoms with Crippen LogP contribution in [0.4, 0.5) is 8.78 Å². The maximum absolute atomic E-state index is 12.4. The topological polar surface area (TPSA) is 30.0 Å². The summed E-state index contributed by atoms with van der Waals surface area (Å²) in [5.74, 6) is 0. The second-order valence-corrected chi connectivity index (χ2v) is 4.55. The number of carbonyl (C=O) groups excluding carboxylic acids is 1. The molecule has 1 heterocycles. The van der Waals surface area contributed by atoms with Crippen LogP contribution in [-0.4, -0.2) is 10.2 Å². The lowest BCUT2D eigenvalue weighted by Gasteiger charge is -2.06. The largest absolute Gasteiger partial charge is 0.281 e. The van der Waals surface area contributed by atoms with Gasteiger partial charge in [0.15, 0.2) is 0 Å². The second kappa shape index (κ2) is 4.80. The fourth-order valence-electron chi connectivity index (χ4n) is 0.813. The molecule has 0 unspecified atom stereocenters. The van der Waals surface area contributed by atoms with E-state index in [4.69, 9.17) is 11.6 Å². The fourth-order valence-corrected chi connectivity index (χ4v) is 2.98. The fraction of sp³-hybridized carbons (Fsp3) is 0.143. The normalized spacial score (nSPS) is 10.7. The molecule has 0 aliphatic heterocycles. The summed E-state index contributed by atoms with van der Waals surface area (Å²) in [6, 6.07) is 0. The maximum Gasteiger partial charge on any atom is 0.281 e. The van der Waals surface area contributed by atoms with Crippen LogP contribution in [0.2, 0.25) is 0 Å². The lowest BCUT2D eigenvalue weighted by molar-refractivity contribution is 0.107. The lowest BCUT2D eigenvalue weighted by Crippen LogP contribution is -2.02. The highest BCUT2D eigenvalue weighted by molar-refractivity contribution is 14.1. The van der Waals surface area contributed by atoms with Gasteiger partial charge in [-0.2, -0.15) is 0 Å². The number of pyridine rings is 1. The molecular formula is C7H2BrClF2INO. The van der Waals surface area contributed by atoms with Crippen LogP contribution < -0.4 is 0 Å². The summed E-state index contributed by atoms with van der Waals surface area (Å²) >= 11 is 9.92. The molecule has 0 atom stereocenters. The Labute approximate surface area is 105 Å². The molecule has 7 heteroatoms.